The van der Waals surface area contributed by atoms with E-state index >= 15 is 0 Å². The maximum atomic E-state index is 10.9. The van der Waals surface area contributed by atoms with Crippen molar-refractivity contribution in [2.24, 2.45) is 5.28 Å². The normalized spacial score (nSPS) is 11.1. The number of rotatable bonds is 5. The van der Waals surface area contributed by atoms with Gasteiger partial charge in [0, 0.05) is 0 Å². The first-order valence-electron chi connectivity index (χ1n) is 3.49. The van der Waals surface area contributed by atoms with Gasteiger partial charge in [-0.2, -0.15) is 0 Å². The third-order valence-electron chi connectivity index (χ3n) is 1.15. The molecule has 1 heterocycles. The number of aromatic nitrogens is 4. The van der Waals surface area contributed by atoms with Crippen molar-refractivity contribution in [1.82, 2.24) is 20.2 Å². The lowest BCUT2D eigenvalue weighted by Gasteiger charge is -1.99. The second-order valence-electron chi connectivity index (χ2n) is 2.13. The number of hydrazine groups is 1. The Hall–Kier alpha value is -2.53. The molecule has 12 heteroatoms. The highest BCUT2D eigenvalue weighted by Gasteiger charge is 2.13. The Morgan fingerprint density at radius 1 is 1.67 bits per heavy atom. The van der Waals surface area contributed by atoms with Crippen LogP contribution in [0.2, 0.25) is 0 Å². The van der Waals surface area contributed by atoms with Gasteiger partial charge in [-0.25, -0.2) is 10.1 Å². The van der Waals surface area contributed by atoms with E-state index in [2.05, 4.69) is 25.6 Å². The van der Waals surface area contributed by atoms with E-state index in [0.29, 0.717) is 0 Å². The van der Waals surface area contributed by atoms with Gasteiger partial charge in [0.05, 0.1) is 0 Å². The summed E-state index contributed by atoms with van der Waals surface area (Å²) in [5, 5.41) is 32.8. The zero-order valence-electron chi connectivity index (χ0n) is 7.47. The lowest BCUT2D eigenvalue weighted by atomic mass is 10.9. The predicted octanol–water partition coefficient (Wildman–Crippen LogP) is -1.24. The van der Waals surface area contributed by atoms with Crippen LogP contribution in [0.25, 0.3) is 0 Å². The first-order chi connectivity index (χ1) is 7.13. The third kappa shape index (κ3) is 3.02. The summed E-state index contributed by atoms with van der Waals surface area (Å²) in [6.45, 7) is -0.434. The molecule has 12 nitrogen and oxygen atoms in total. The molecule has 0 fully saturated rings. The highest BCUT2D eigenvalue weighted by molar-refractivity contribution is 5.15. The second kappa shape index (κ2) is 4.64. The maximum Gasteiger partial charge on any atom is 0.309 e. The minimum absolute atomic E-state index is 0.113. The summed E-state index contributed by atoms with van der Waals surface area (Å²) in [6.07, 6.45) is 0. The maximum absolute atomic E-state index is 10.9. The number of tetrazole rings is 1. The van der Waals surface area contributed by atoms with E-state index in [4.69, 9.17) is 0 Å². The summed E-state index contributed by atoms with van der Waals surface area (Å²) in [4.78, 5) is 14.4. The van der Waals surface area contributed by atoms with E-state index in [1.807, 2.05) is 0 Å². The van der Waals surface area contributed by atoms with Crippen LogP contribution in [0.3, 0.4) is 0 Å². The molecule has 1 rings (SSSR count). The molecule has 0 aliphatic heterocycles. The first kappa shape index (κ1) is 10.6. The van der Waals surface area contributed by atoms with Crippen molar-refractivity contribution in [2.45, 2.75) is 6.67 Å². The van der Waals surface area contributed by atoms with E-state index in [1.54, 1.807) is 5.43 Å². The standard InChI is InChI=1S/C3H6N8O4/c1-15-8-10(12)2-9-3(4-6-7-9)5-11(13)14/h2H2,1H3,(H,4,5,7). The third-order valence-corrected chi connectivity index (χ3v) is 1.15. The molecule has 1 N–H and O–H groups in total. The fourth-order valence-electron chi connectivity index (χ4n) is 0.693. The lowest BCUT2D eigenvalue weighted by molar-refractivity contribution is -0.587. The fourth-order valence-corrected chi connectivity index (χ4v) is 0.693. The van der Waals surface area contributed by atoms with Crippen LogP contribution in [0.1, 0.15) is 0 Å². The Balaban J connectivity index is 2.73. The van der Waals surface area contributed by atoms with Gasteiger partial charge in [-0.15, -0.1) is 4.68 Å². The van der Waals surface area contributed by atoms with Crippen molar-refractivity contribution in [1.29, 1.82) is 0 Å². The zero-order chi connectivity index (χ0) is 11.3. The van der Waals surface area contributed by atoms with Crippen molar-refractivity contribution >= 4 is 5.95 Å². The van der Waals surface area contributed by atoms with Gasteiger partial charge in [-0.05, 0) is 15.3 Å². The van der Waals surface area contributed by atoms with Crippen LogP contribution in [0.5, 0.6) is 0 Å². The SMILES string of the molecule is CON=[N+]([O-])Cn1nnnc1N[N+](=O)[O-]. The quantitative estimate of drug-likeness (QED) is 0.279. The number of anilines is 1. The molecule has 1 aromatic heterocycles. The van der Waals surface area contributed by atoms with E-state index in [-0.39, 0.29) is 10.8 Å². The van der Waals surface area contributed by atoms with Crippen LogP contribution in [0.15, 0.2) is 5.28 Å². The molecule has 0 bridgehead atoms. The van der Waals surface area contributed by atoms with Gasteiger partial charge in [0.15, 0.2) is 5.03 Å². The number of nitrogens with zero attached hydrogens (tertiary/aromatic N) is 7. The molecular weight excluding hydrogens is 212 g/mol. The second-order valence-corrected chi connectivity index (χ2v) is 2.13. The van der Waals surface area contributed by atoms with Crippen LogP contribution in [0, 0.1) is 15.3 Å². The minimum atomic E-state index is -0.856. The summed E-state index contributed by atoms with van der Waals surface area (Å²) >= 11 is 0. The van der Waals surface area contributed by atoms with Crippen molar-refractivity contribution in [3.05, 3.63) is 15.3 Å². The molecule has 1 aromatic rings. The molecule has 0 saturated carbocycles. The molecule has 0 spiro atoms. The van der Waals surface area contributed by atoms with Gasteiger partial charge in [-0.1, -0.05) is 10.5 Å². The minimum Gasteiger partial charge on any atom is -0.596 e. The van der Waals surface area contributed by atoms with Crippen molar-refractivity contribution in [3.8, 4) is 0 Å². The van der Waals surface area contributed by atoms with Gasteiger partial charge in [-0.3, -0.25) is 0 Å². The molecule has 15 heavy (non-hydrogen) atoms. The Bertz CT molecular complexity index is 372. The molecule has 0 saturated heterocycles. The van der Waals surface area contributed by atoms with Gasteiger partial charge in [0.25, 0.3) is 6.67 Å². The van der Waals surface area contributed by atoms with Crippen molar-refractivity contribution in [2.75, 3.05) is 12.5 Å². The van der Waals surface area contributed by atoms with Gasteiger partial charge < -0.3 is 10.0 Å². The van der Waals surface area contributed by atoms with E-state index in [9.17, 15) is 15.3 Å². The largest absolute Gasteiger partial charge is 0.596 e. The zero-order valence-corrected chi connectivity index (χ0v) is 7.47. The van der Waals surface area contributed by atoms with Gasteiger partial charge in [0.2, 0.25) is 5.28 Å². The highest BCUT2D eigenvalue weighted by Crippen LogP contribution is 1.98. The molecule has 0 aliphatic carbocycles. The molecule has 0 amide bonds. The lowest BCUT2D eigenvalue weighted by Crippen LogP contribution is -2.17. The molecule has 0 radical (unpaired) electrons. The Labute approximate surface area is 81.8 Å². The average Bonchev–Trinajstić information content (AvgIpc) is 2.52. The monoisotopic (exact) mass is 218 g/mol. The number of nitrogens with one attached hydrogen (secondary N) is 1. The number of nitro groups is 1. The smallest absolute Gasteiger partial charge is 0.309 e. The first-order valence-corrected chi connectivity index (χ1v) is 3.49. The van der Waals surface area contributed by atoms with Crippen LogP contribution in [-0.4, -0.2) is 37.2 Å². The van der Waals surface area contributed by atoms with E-state index in [1.165, 1.54) is 7.11 Å². The fraction of sp³-hybridized carbons (Fsp3) is 0.667. The Kier molecular flexibility index (Phi) is 3.26. The average molecular weight is 218 g/mol. The molecule has 82 valence electrons. The Morgan fingerprint density at radius 3 is 3.00 bits per heavy atom. The van der Waals surface area contributed by atoms with Crippen LogP contribution >= 0.6 is 0 Å². The van der Waals surface area contributed by atoms with Crippen LogP contribution < -0.4 is 5.43 Å². The number of hydroxylamine groups is 1. The molecule has 0 atom stereocenters. The molecule has 0 aromatic carbocycles. The van der Waals surface area contributed by atoms with Gasteiger partial charge in [0.1, 0.15) is 7.11 Å². The number of hydrogen-bond donors (Lipinski definition) is 1. The Morgan fingerprint density at radius 2 is 2.40 bits per heavy atom. The molecular formula is C3H6N8O4. The molecule has 0 aliphatic rings. The van der Waals surface area contributed by atoms with E-state index < -0.39 is 11.7 Å². The van der Waals surface area contributed by atoms with Crippen LogP contribution in [0.4, 0.5) is 5.95 Å². The van der Waals surface area contributed by atoms with Crippen molar-refractivity contribution < 1.29 is 14.7 Å². The summed E-state index contributed by atoms with van der Waals surface area (Å²) < 4.78 is 0.846. The topological polar surface area (TPSA) is 146 Å². The summed E-state index contributed by atoms with van der Waals surface area (Å²) in [5.74, 6) is -0.285. The summed E-state index contributed by atoms with van der Waals surface area (Å²) in [6, 6.07) is 0. The van der Waals surface area contributed by atoms with Crippen LogP contribution in [-0.2, 0) is 11.5 Å². The predicted molar refractivity (Wildman–Crippen MR) is 41.5 cm³/mol. The van der Waals surface area contributed by atoms with E-state index in [0.717, 1.165) is 4.68 Å². The van der Waals surface area contributed by atoms with Gasteiger partial charge >= 0.3 is 5.95 Å². The highest BCUT2D eigenvalue weighted by atomic mass is 16.7. The summed E-state index contributed by atoms with van der Waals surface area (Å²) in [5.41, 5.74) is 1.70. The van der Waals surface area contributed by atoms with Crippen molar-refractivity contribution in [3.63, 3.8) is 0 Å². The number of hydrogen-bond acceptors (Lipinski definition) is 8. The molecule has 0 unspecified atom stereocenters. The summed E-state index contributed by atoms with van der Waals surface area (Å²) in [7, 11) is 1.18.